The summed E-state index contributed by atoms with van der Waals surface area (Å²) in [5.41, 5.74) is 1.94. The van der Waals surface area contributed by atoms with Gasteiger partial charge >= 0.3 is 0 Å². The average Bonchev–Trinajstić information content (AvgIpc) is 3.09. The second kappa shape index (κ2) is 5.34. The predicted octanol–water partition coefficient (Wildman–Crippen LogP) is 3.95. The minimum absolute atomic E-state index is 0.250. The smallest absolute Gasteiger partial charge is 0.260 e. The number of nitrogens with zero attached hydrogens (tertiary/aromatic N) is 1. The highest BCUT2D eigenvalue weighted by atomic mass is 79.9. The minimum atomic E-state index is -0.250. The van der Waals surface area contributed by atoms with Crippen LogP contribution in [-0.4, -0.2) is 10.9 Å². The standard InChI is InChI=1S/C14H9BrN2O3/c15-13-11(4-5-19-13)14(18)17-10-3-1-2-9(6-10)12-7-16-8-20-12/h1-8H,(H,17,18). The summed E-state index contributed by atoms with van der Waals surface area (Å²) in [6.45, 7) is 0. The summed E-state index contributed by atoms with van der Waals surface area (Å²) in [7, 11) is 0. The molecule has 20 heavy (non-hydrogen) atoms. The Hall–Kier alpha value is -2.34. The Morgan fingerprint density at radius 3 is 2.85 bits per heavy atom. The molecule has 0 aliphatic heterocycles. The molecule has 0 spiro atoms. The van der Waals surface area contributed by atoms with Crippen molar-refractivity contribution in [2.45, 2.75) is 0 Å². The molecule has 0 radical (unpaired) electrons. The molecule has 2 aromatic heterocycles. The van der Waals surface area contributed by atoms with Gasteiger partial charge in [0.15, 0.2) is 16.8 Å². The molecule has 0 saturated carbocycles. The second-order valence-corrected chi connectivity index (χ2v) is 4.73. The van der Waals surface area contributed by atoms with Crippen LogP contribution in [0, 0.1) is 0 Å². The van der Waals surface area contributed by atoms with Gasteiger partial charge in [-0.05, 0) is 34.1 Å². The number of carbonyl (C=O) groups is 1. The number of anilines is 1. The van der Waals surface area contributed by atoms with Gasteiger partial charge in [0, 0.05) is 11.3 Å². The molecule has 1 N–H and O–H groups in total. The lowest BCUT2D eigenvalue weighted by atomic mass is 10.1. The van der Waals surface area contributed by atoms with Crippen molar-refractivity contribution in [3.8, 4) is 11.3 Å². The summed E-state index contributed by atoms with van der Waals surface area (Å²) in [5.74, 6) is 0.394. The molecule has 3 aromatic rings. The van der Waals surface area contributed by atoms with E-state index >= 15 is 0 Å². The van der Waals surface area contributed by atoms with Gasteiger partial charge in [-0.3, -0.25) is 4.79 Å². The van der Waals surface area contributed by atoms with E-state index in [-0.39, 0.29) is 5.91 Å². The van der Waals surface area contributed by atoms with Gasteiger partial charge in [0.2, 0.25) is 0 Å². The number of oxazole rings is 1. The van der Waals surface area contributed by atoms with Gasteiger partial charge in [-0.2, -0.15) is 0 Å². The molecule has 1 aromatic carbocycles. The second-order valence-electron chi connectivity index (χ2n) is 4.01. The maximum atomic E-state index is 12.1. The first kappa shape index (κ1) is 12.7. The fourth-order valence-electron chi connectivity index (χ4n) is 1.76. The van der Waals surface area contributed by atoms with Gasteiger partial charge in [0.05, 0.1) is 18.0 Å². The third kappa shape index (κ3) is 2.50. The Labute approximate surface area is 122 Å². The third-order valence-electron chi connectivity index (χ3n) is 2.70. The van der Waals surface area contributed by atoms with Crippen LogP contribution in [0.25, 0.3) is 11.3 Å². The van der Waals surface area contributed by atoms with Gasteiger partial charge in [0.25, 0.3) is 5.91 Å². The number of hydrogen-bond acceptors (Lipinski definition) is 4. The monoisotopic (exact) mass is 332 g/mol. The summed E-state index contributed by atoms with van der Waals surface area (Å²) in [4.78, 5) is 15.9. The lowest BCUT2D eigenvalue weighted by molar-refractivity contribution is 0.102. The molecule has 0 bridgehead atoms. The predicted molar refractivity (Wildman–Crippen MR) is 76.3 cm³/mol. The van der Waals surface area contributed by atoms with E-state index in [1.54, 1.807) is 18.3 Å². The quantitative estimate of drug-likeness (QED) is 0.788. The molecular formula is C14H9BrN2O3. The molecule has 0 unspecified atom stereocenters. The van der Waals surface area contributed by atoms with E-state index in [0.717, 1.165) is 5.56 Å². The Bertz CT molecular complexity index is 734. The van der Waals surface area contributed by atoms with E-state index in [0.29, 0.717) is 21.7 Å². The SMILES string of the molecule is O=C(Nc1cccc(-c2cnco2)c1)c1ccoc1Br. The molecule has 0 atom stereocenters. The van der Waals surface area contributed by atoms with Gasteiger partial charge < -0.3 is 14.2 Å². The summed E-state index contributed by atoms with van der Waals surface area (Å²) >= 11 is 3.18. The van der Waals surface area contributed by atoms with Crippen LogP contribution in [0.1, 0.15) is 10.4 Å². The third-order valence-corrected chi connectivity index (χ3v) is 3.31. The summed E-state index contributed by atoms with van der Waals surface area (Å²) in [6, 6.07) is 8.92. The van der Waals surface area contributed by atoms with Crippen molar-refractivity contribution in [1.29, 1.82) is 0 Å². The van der Waals surface area contributed by atoms with Crippen molar-refractivity contribution in [2.24, 2.45) is 0 Å². The van der Waals surface area contributed by atoms with Crippen LogP contribution >= 0.6 is 15.9 Å². The van der Waals surface area contributed by atoms with Crippen LogP contribution in [0.2, 0.25) is 0 Å². The number of halogens is 1. The fraction of sp³-hybridized carbons (Fsp3) is 0. The summed E-state index contributed by atoms with van der Waals surface area (Å²) < 4.78 is 10.7. The highest BCUT2D eigenvalue weighted by Crippen LogP contribution is 2.23. The number of nitrogens with one attached hydrogen (secondary N) is 1. The van der Waals surface area contributed by atoms with Gasteiger partial charge in [-0.25, -0.2) is 4.98 Å². The molecular weight excluding hydrogens is 324 g/mol. The van der Waals surface area contributed by atoms with Crippen LogP contribution in [0.15, 0.2) is 62.7 Å². The van der Waals surface area contributed by atoms with Crippen molar-refractivity contribution >= 4 is 27.5 Å². The normalized spacial score (nSPS) is 10.4. The maximum absolute atomic E-state index is 12.1. The van der Waals surface area contributed by atoms with E-state index in [1.165, 1.54) is 12.7 Å². The summed E-state index contributed by atoms with van der Waals surface area (Å²) in [5, 5.41) is 2.80. The van der Waals surface area contributed by atoms with E-state index in [2.05, 4.69) is 26.2 Å². The highest BCUT2D eigenvalue weighted by molar-refractivity contribution is 9.10. The van der Waals surface area contributed by atoms with E-state index in [9.17, 15) is 4.79 Å². The van der Waals surface area contributed by atoms with Crippen LogP contribution < -0.4 is 5.32 Å². The van der Waals surface area contributed by atoms with Crippen molar-refractivity contribution < 1.29 is 13.6 Å². The zero-order valence-corrected chi connectivity index (χ0v) is 11.8. The van der Waals surface area contributed by atoms with Gasteiger partial charge in [0.1, 0.15) is 0 Å². The summed E-state index contributed by atoms with van der Waals surface area (Å²) in [6.07, 6.45) is 4.43. The molecule has 3 rings (SSSR count). The molecule has 0 fully saturated rings. The molecule has 5 nitrogen and oxygen atoms in total. The zero-order chi connectivity index (χ0) is 13.9. The lowest BCUT2D eigenvalue weighted by Gasteiger charge is -2.05. The minimum Gasteiger partial charge on any atom is -0.457 e. The van der Waals surface area contributed by atoms with Crippen LogP contribution in [0.5, 0.6) is 0 Å². The Morgan fingerprint density at radius 1 is 1.25 bits per heavy atom. The van der Waals surface area contributed by atoms with E-state index in [1.807, 2.05) is 18.2 Å². The fourth-order valence-corrected chi connectivity index (χ4v) is 2.18. The zero-order valence-electron chi connectivity index (χ0n) is 10.2. The van der Waals surface area contributed by atoms with Crippen LogP contribution in [0.3, 0.4) is 0 Å². The molecule has 0 aliphatic carbocycles. The number of aromatic nitrogens is 1. The maximum Gasteiger partial charge on any atom is 0.260 e. The topological polar surface area (TPSA) is 68.3 Å². The van der Waals surface area contributed by atoms with E-state index in [4.69, 9.17) is 8.83 Å². The number of rotatable bonds is 3. The van der Waals surface area contributed by atoms with Gasteiger partial charge in [-0.1, -0.05) is 12.1 Å². The molecule has 2 heterocycles. The first-order valence-electron chi connectivity index (χ1n) is 5.77. The largest absolute Gasteiger partial charge is 0.457 e. The highest BCUT2D eigenvalue weighted by Gasteiger charge is 2.13. The van der Waals surface area contributed by atoms with Crippen LogP contribution in [-0.2, 0) is 0 Å². The Morgan fingerprint density at radius 2 is 2.15 bits per heavy atom. The number of benzene rings is 1. The molecule has 6 heteroatoms. The first-order valence-corrected chi connectivity index (χ1v) is 6.56. The Kier molecular flexibility index (Phi) is 3.39. The average molecular weight is 333 g/mol. The number of amides is 1. The van der Waals surface area contributed by atoms with Gasteiger partial charge in [-0.15, -0.1) is 0 Å². The molecule has 0 aliphatic rings. The number of hydrogen-bond donors (Lipinski definition) is 1. The number of furan rings is 1. The van der Waals surface area contributed by atoms with Crippen LogP contribution in [0.4, 0.5) is 5.69 Å². The van der Waals surface area contributed by atoms with Crippen molar-refractivity contribution in [2.75, 3.05) is 5.32 Å². The van der Waals surface area contributed by atoms with Crippen molar-refractivity contribution in [1.82, 2.24) is 4.98 Å². The molecule has 1 amide bonds. The first-order chi connectivity index (χ1) is 9.74. The lowest BCUT2D eigenvalue weighted by Crippen LogP contribution is -2.11. The van der Waals surface area contributed by atoms with Crippen molar-refractivity contribution in [3.63, 3.8) is 0 Å². The molecule has 100 valence electrons. The Balaban J connectivity index is 1.83. The van der Waals surface area contributed by atoms with E-state index < -0.39 is 0 Å². The van der Waals surface area contributed by atoms with Crippen molar-refractivity contribution in [3.05, 3.63) is 59.4 Å². The number of carbonyl (C=O) groups excluding carboxylic acids is 1. The molecule has 0 saturated heterocycles.